The van der Waals surface area contributed by atoms with Gasteiger partial charge in [-0.2, -0.15) is 0 Å². The number of hydrogen-bond donors (Lipinski definition) is 1. The fourth-order valence-corrected chi connectivity index (χ4v) is 3.94. The number of fused-ring (bicyclic) bond motifs is 1. The normalized spacial score (nSPS) is 33.5. The molecule has 1 aliphatic carbocycles. The zero-order chi connectivity index (χ0) is 12.8. The molecule has 0 aromatic heterocycles. The van der Waals surface area contributed by atoms with Gasteiger partial charge in [0.1, 0.15) is 0 Å². The predicted molar refractivity (Wildman–Crippen MR) is 74.5 cm³/mol. The molecule has 1 aromatic rings. The van der Waals surface area contributed by atoms with Gasteiger partial charge in [-0.25, -0.2) is 0 Å². The number of nitrogens with one attached hydrogen (secondary N) is 1. The molecule has 1 heterocycles. The van der Waals surface area contributed by atoms with Gasteiger partial charge in [-0.15, -0.1) is 0 Å². The average Bonchev–Trinajstić information content (AvgIpc) is 2.77. The second-order valence-electron chi connectivity index (χ2n) is 5.29. The molecule has 2 aliphatic rings. The van der Waals surface area contributed by atoms with Gasteiger partial charge in [0.2, 0.25) is 0 Å². The van der Waals surface area contributed by atoms with E-state index in [1.54, 1.807) is 7.11 Å². The lowest BCUT2D eigenvalue weighted by Gasteiger charge is -2.16. The highest BCUT2D eigenvalue weighted by Crippen LogP contribution is 2.63. The standard InChI is InChI=1S/C14H17Cl2NO/c1-18-5-4-10-11-7-17-8-14(10,11)9-2-3-12(15)13(16)6-9/h2-3,6,10-11,17H,4-5,7-8H2,1H3/t10-,11-,14-/m0/s1. The van der Waals surface area contributed by atoms with Crippen LogP contribution in [-0.4, -0.2) is 26.8 Å². The molecule has 1 N–H and O–H groups in total. The van der Waals surface area contributed by atoms with Gasteiger partial charge < -0.3 is 10.1 Å². The maximum atomic E-state index is 6.15. The smallest absolute Gasteiger partial charge is 0.0595 e. The third-order valence-electron chi connectivity index (χ3n) is 4.57. The summed E-state index contributed by atoms with van der Waals surface area (Å²) in [4.78, 5) is 0. The Morgan fingerprint density at radius 1 is 1.39 bits per heavy atom. The Morgan fingerprint density at radius 2 is 2.22 bits per heavy atom. The molecule has 0 bridgehead atoms. The van der Waals surface area contributed by atoms with Crippen LogP contribution in [0.4, 0.5) is 0 Å². The summed E-state index contributed by atoms with van der Waals surface area (Å²) >= 11 is 12.1. The van der Waals surface area contributed by atoms with Crippen LogP contribution in [0.1, 0.15) is 12.0 Å². The van der Waals surface area contributed by atoms with Crippen LogP contribution in [0.2, 0.25) is 10.0 Å². The Kier molecular flexibility index (Phi) is 3.31. The van der Waals surface area contributed by atoms with Crippen LogP contribution in [0.25, 0.3) is 0 Å². The van der Waals surface area contributed by atoms with Gasteiger partial charge in [-0.1, -0.05) is 29.3 Å². The van der Waals surface area contributed by atoms with Crippen LogP contribution >= 0.6 is 23.2 Å². The van der Waals surface area contributed by atoms with Gasteiger partial charge in [0.05, 0.1) is 10.0 Å². The zero-order valence-electron chi connectivity index (χ0n) is 10.4. The molecule has 0 unspecified atom stereocenters. The molecule has 1 aromatic carbocycles. The highest BCUT2D eigenvalue weighted by atomic mass is 35.5. The van der Waals surface area contributed by atoms with E-state index in [0.29, 0.717) is 10.0 Å². The molecular weight excluding hydrogens is 269 g/mol. The molecule has 1 saturated heterocycles. The highest BCUT2D eigenvalue weighted by molar-refractivity contribution is 6.42. The van der Waals surface area contributed by atoms with Crippen LogP contribution in [0.3, 0.4) is 0 Å². The van der Waals surface area contributed by atoms with E-state index in [4.69, 9.17) is 27.9 Å². The monoisotopic (exact) mass is 285 g/mol. The van der Waals surface area contributed by atoms with E-state index in [2.05, 4.69) is 11.4 Å². The van der Waals surface area contributed by atoms with Crippen LogP contribution < -0.4 is 5.32 Å². The van der Waals surface area contributed by atoms with Gasteiger partial charge in [0, 0.05) is 25.7 Å². The molecule has 0 amide bonds. The van der Waals surface area contributed by atoms with E-state index in [9.17, 15) is 0 Å². The Bertz CT molecular complexity index is 465. The minimum absolute atomic E-state index is 0.271. The van der Waals surface area contributed by atoms with Crippen molar-refractivity contribution in [3.63, 3.8) is 0 Å². The SMILES string of the molecule is COCC[C@H]1[C@@H]2CNC[C@]12c1ccc(Cl)c(Cl)c1. The van der Waals surface area contributed by atoms with Crippen molar-refractivity contribution in [2.24, 2.45) is 11.8 Å². The van der Waals surface area contributed by atoms with Crippen LogP contribution in [0.5, 0.6) is 0 Å². The Balaban J connectivity index is 1.87. The van der Waals surface area contributed by atoms with E-state index < -0.39 is 0 Å². The lowest BCUT2D eigenvalue weighted by molar-refractivity contribution is 0.185. The van der Waals surface area contributed by atoms with Gasteiger partial charge in [0.25, 0.3) is 0 Å². The van der Waals surface area contributed by atoms with E-state index in [1.807, 2.05) is 12.1 Å². The van der Waals surface area contributed by atoms with Crippen molar-refractivity contribution in [3.8, 4) is 0 Å². The van der Waals surface area contributed by atoms with E-state index in [1.165, 1.54) is 5.56 Å². The van der Waals surface area contributed by atoms with Crippen molar-refractivity contribution in [2.75, 3.05) is 26.8 Å². The summed E-state index contributed by atoms with van der Waals surface area (Å²) in [7, 11) is 1.77. The first-order chi connectivity index (χ1) is 8.70. The van der Waals surface area contributed by atoms with Crippen LogP contribution in [0, 0.1) is 11.8 Å². The number of methoxy groups -OCH3 is 1. The lowest BCUT2D eigenvalue weighted by Crippen LogP contribution is -2.24. The molecule has 0 spiro atoms. The van der Waals surface area contributed by atoms with Crippen molar-refractivity contribution < 1.29 is 4.74 Å². The molecule has 1 saturated carbocycles. The van der Waals surface area contributed by atoms with Crippen LogP contribution in [0.15, 0.2) is 18.2 Å². The quantitative estimate of drug-likeness (QED) is 0.918. The summed E-state index contributed by atoms with van der Waals surface area (Å²) in [6.07, 6.45) is 1.13. The maximum Gasteiger partial charge on any atom is 0.0595 e. The summed E-state index contributed by atoms with van der Waals surface area (Å²) in [6.45, 7) is 2.99. The van der Waals surface area contributed by atoms with E-state index >= 15 is 0 Å². The minimum atomic E-state index is 0.271. The molecule has 18 heavy (non-hydrogen) atoms. The van der Waals surface area contributed by atoms with Gasteiger partial charge in [0.15, 0.2) is 0 Å². The Hall–Kier alpha value is -0.280. The topological polar surface area (TPSA) is 21.3 Å². The summed E-state index contributed by atoms with van der Waals surface area (Å²) in [5.74, 6) is 1.45. The second-order valence-corrected chi connectivity index (χ2v) is 6.11. The number of ether oxygens (including phenoxy) is 1. The number of benzene rings is 1. The molecule has 3 atom stereocenters. The average molecular weight is 286 g/mol. The van der Waals surface area contributed by atoms with E-state index in [0.717, 1.165) is 38.0 Å². The molecular formula is C14H17Cl2NO. The number of rotatable bonds is 4. The lowest BCUT2D eigenvalue weighted by atomic mass is 9.92. The third kappa shape index (κ3) is 1.78. The largest absolute Gasteiger partial charge is 0.385 e. The Labute approximate surface area is 118 Å². The minimum Gasteiger partial charge on any atom is -0.385 e. The van der Waals surface area contributed by atoms with Gasteiger partial charge in [-0.3, -0.25) is 0 Å². The van der Waals surface area contributed by atoms with Crippen LogP contribution in [-0.2, 0) is 10.2 Å². The summed E-state index contributed by atoms with van der Waals surface area (Å²) in [5.41, 5.74) is 1.60. The molecule has 98 valence electrons. The molecule has 1 aliphatic heterocycles. The van der Waals surface area contributed by atoms with Crippen molar-refractivity contribution >= 4 is 23.2 Å². The van der Waals surface area contributed by atoms with Gasteiger partial charge >= 0.3 is 0 Å². The molecule has 2 nitrogen and oxygen atoms in total. The number of halogens is 2. The van der Waals surface area contributed by atoms with Crippen molar-refractivity contribution in [1.82, 2.24) is 5.32 Å². The molecule has 2 fully saturated rings. The maximum absolute atomic E-state index is 6.15. The first-order valence-corrected chi connectivity index (χ1v) is 7.11. The molecule has 3 rings (SSSR count). The molecule has 0 radical (unpaired) electrons. The number of hydrogen-bond acceptors (Lipinski definition) is 2. The second kappa shape index (κ2) is 4.68. The first kappa shape index (κ1) is 12.7. The fourth-order valence-electron chi connectivity index (χ4n) is 3.65. The zero-order valence-corrected chi connectivity index (χ0v) is 11.9. The van der Waals surface area contributed by atoms with Crippen molar-refractivity contribution in [2.45, 2.75) is 11.8 Å². The highest BCUT2D eigenvalue weighted by Gasteiger charge is 2.66. The van der Waals surface area contributed by atoms with Crippen molar-refractivity contribution in [1.29, 1.82) is 0 Å². The summed E-state index contributed by atoms with van der Waals surface area (Å²) in [5, 5.41) is 4.78. The van der Waals surface area contributed by atoms with Crippen molar-refractivity contribution in [3.05, 3.63) is 33.8 Å². The fraction of sp³-hybridized carbons (Fsp3) is 0.571. The summed E-state index contributed by atoms with van der Waals surface area (Å²) < 4.78 is 5.21. The Morgan fingerprint density at radius 3 is 2.94 bits per heavy atom. The first-order valence-electron chi connectivity index (χ1n) is 6.35. The third-order valence-corrected chi connectivity index (χ3v) is 5.31. The van der Waals surface area contributed by atoms with E-state index in [-0.39, 0.29) is 5.41 Å². The summed E-state index contributed by atoms with van der Waals surface area (Å²) in [6, 6.07) is 6.08. The molecule has 4 heteroatoms. The predicted octanol–water partition coefficient (Wildman–Crippen LogP) is 3.12. The van der Waals surface area contributed by atoms with Gasteiger partial charge in [-0.05, 0) is 42.5 Å². The number of piperidine rings is 1.